The van der Waals surface area contributed by atoms with E-state index in [9.17, 15) is 14.4 Å². The van der Waals surface area contributed by atoms with Crippen molar-refractivity contribution >= 4 is 23.6 Å². The molecule has 2 amide bonds. The van der Waals surface area contributed by atoms with Crippen molar-refractivity contribution < 1.29 is 14.3 Å². The Hall–Kier alpha value is -2.02. The van der Waals surface area contributed by atoms with Gasteiger partial charge in [-0.2, -0.15) is 0 Å². The van der Waals surface area contributed by atoms with Crippen LogP contribution in [0.5, 0.6) is 0 Å². The number of carbonyl (C=O) groups is 2. The predicted molar refractivity (Wildman–Crippen MR) is 83.9 cm³/mol. The molecule has 7 nitrogen and oxygen atoms in total. The third kappa shape index (κ3) is 2.49. The molecule has 3 rings (SSSR count). The molecule has 124 valence electrons. The van der Waals surface area contributed by atoms with Crippen molar-refractivity contribution in [2.45, 2.75) is 25.9 Å². The second kappa shape index (κ2) is 5.26. The van der Waals surface area contributed by atoms with Crippen molar-refractivity contribution in [3.05, 3.63) is 32.2 Å². The highest BCUT2D eigenvalue weighted by molar-refractivity contribution is 6.32. The summed E-state index contributed by atoms with van der Waals surface area (Å²) in [7, 11) is 1.66. The van der Waals surface area contributed by atoms with Gasteiger partial charge in [0.05, 0.1) is 18.1 Å². The number of nitrogens with one attached hydrogen (secondary N) is 1. The minimum atomic E-state index is -0.670. The summed E-state index contributed by atoms with van der Waals surface area (Å²) >= 11 is 6.15. The van der Waals surface area contributed by atoms with Gasteiger partial charge in [0.25, 0.3) is 11.5 Å². The molecule has 1 N–H and O–H groups in total. The van der Waals surface area contributed by atoms with Crippen molar-refractivity contribution in [3.63, 3.8) is 0 Å². The number of halogens is 1. The number of ether oxygens (including phenoxy) is 1. The van der Waals surface area contributed by atoms with Gasteiger partial charge in [-0.3, -0.25) is 9.59 Å². The molecular formula is C15H18ClN3O4. The Bertz CT molecular complexity index is 760. The van der Waals surface area contributed by atoms with Gasteiger partial charge in [0.2, 0.25) is 0 Å². The Morgan fingerprint density at radius 1 is 1.30 bits per heavy atom. The van der Waals surface area contributed by atoms with Gasteiger partial charge in [0, 0.05) is 25.7 Å². The molecule has 2 fully saturated rings. The van der Waals surface area contributed by atoms with Crippen LogP contribution in [0.15, 0.2) is 4.79 Å². The Kier molecular flexibility index (Phi) is 3.63. The molecule has 2 aliphatic rings. The van der Waals surface area contributed by atoms with Crippen molar-refractivity contribution in [1.29, 1.82) is 0 Å². The van der Waals surface area contributed by atoms with Crippen molar-refractivity contribution in [3.8, 4) is 0 Å². The van der Waals surface area contributed by atoms with E-state index in [-0.39, 0.29) is 24.1 Å². The predicted octanol–water partition coefficient (Wildman–Crippen LogP) is 1.31. The Morgan fingerprint density at radius 3 is 2.61 bits per heavy atom. The minimum absolute atomic E-state index is 0.0512. The SMILES string of the molecule is Cc1[nH]c(=O)c(C(=O)N2CC[C@]3(CN(C)C(=O)O3)C2)c(C)c1Cl. The van der Waals surface area contributed by atoms with Gasteiger partial charge >= 0.3 is 6.09 Å². The summed E-state index contributed by atoms with van der Waals surface area (Å²) in [6.45, 7) is 4.51. The molecule has 2 saturated heterocycles. The third-order valence-corrected chi connectivity index (χ3v) is 5.09. The number of aromatic amines is 1. The highest BCUT2D eigenvalue weighted by Crippen LogP contribution is 2.32. The van der Waals surface area contributed by atoms with Crippen LogP contribution >= 0.6 is 11.6 Å². The number of likely N-dealkylation sites (tertiary alicyclic amines) is 1. The van der Waals surface area contributed by atoms with Crippen LogP contribution in [-0.2, 0) is 4.74 Å². The van der Waals surface area contributed by atoms with E-state index in [1.165, 1.54) is 4.90 Å². The average Bonchev–Trinajstić information content (AvgIpc) is 3.00. The number of amides is 2. The van der Waals surface area contributed by atoms with E-state index in [1.807, 2.05) is 0 Å². The molecule has 23 heavy (non-hydrogen) atoms. The average molecular weight is 340 g/mol. The van der Waals surface area contributed by atoms with E-state index in [4.69, 9.17) is 16.3 Å². The number of H-pyrrole nitrogens is 1. The standard InChI is InChI=1S/C15H18ClN3O4/c1-8-10(12(20)17-9(2)11(8)16)13(21)19-5-4-15(7-19)6-18(3)14(22)23-15/h4-7H2,1-3H3,(H,17,20)/t15-/m0/s1. The topological polar surface area (TPSA) is 82.7 Å². The fraction of sp³-hybridized carbons (Fsp3) is 0.533. The second-order valence-corrected chi connectivity index (χ2v) is 6.65. The van der Waals surface area contributed by atoms with Crippen molar-refractivity contribution in [1.82, 2.24) is 14.8 Å². The van der Waals surface area contributed by atoms with E-state index >= 15 is 0 Å². The summed E-state index contributed by atoms with van der Waals surface area (Å²) in [4.78, 5) is 42.2. The van der Waals surface area contributed by atoms with E-state index in [0.29, 0.717) is 35.8 Å². The summed E-state index contributed by atoms with van der Waals surface area (Å²) in [6, 6.07) is 0. The van der Waals surface area contributed by atoms with Crippen LogP contribution in [-0.4, -0.2) is 59.1 Å². The lowest BCUT2D eigenvalue weighted by Gasteiger charge is -2.22. The smallest absolute Gasteiger partial charge is 0.410 e. The number of pyridine rings is 1. The van der Waals surface area contributed by atoms with Gasteiger partial charge in [0.15, 0.2) is 5.60 Å². The van der Waals surface area contributed by atoms with Crippen molar-refractivity contribution in [2.24, 2.45) is 0 Å². The summed E-state index contributed by atoms with van der Waals surface area (Å²) in [6.07, 6.45) is 0.178. The monoisotopic (exact) mass is 339 g/mol. The fourth-order valence-electron chi connectivity index (χ4n) is 3.29. The molecule has 0 saturated carbocycles. The molecule has 1 spiro atoms. The number of nitrogens with zero attached hydrogens (tertiary/aromatic N) is 2. The van der Waals surface area contributed by atoms with E-state index in [0.717, 1.165) is 0 Å². The molecular weight excluding hydrogens is 322 g/mol. The lowest BCUT2D eigenvalue weighted by molar-refractivity contribution is 0.0552. The van der Waals surface area contributed by atoms with E-state index < -0.39 is 11.2 Å². The number of aryl methyl sites for hydroxylation is 1. The molecule has 8 heteroatoms. The Balaban J connectivity index is 1.88. The molecule has 0 aromatic carbocycles. The summed E-state index contributed by atoms with van der Waals surface area (Å²) in [5, 5.41) is 0.383. The normalized spacial score (nSPS) is 23.7. The zero-order valence-electron chi connectivity index (χ0n) is 13.2. The van der Waals surface area contributed by atoms with Gasteiger partial charge in [-0.15, -0.1) is 0 Å². The molecule has 0 bridgehead atoms. The third-order valence-electron chi connectivity index (χ3n) is 4.52. The van der Waals surface area contributed by atoms with E-state index in [1.54, 1.807) is 25.8 Å². The number of hydrogen-bond acceptors (Lipinski definition) is 4. The largest absolute Gasteiger partial charge is 0.439 e. The van der Waals surface area contributed by atoms with Crippen LogP contribution in [0.3, 0.4) is 0 Å². The van der Waals surface area contributed by atoms with Crippen LogP contribution in [0.25, 0.3) is 0 Å². The maximum Gasteiger partial charge on any atom is 0.410 e. The summed E-state index contributed by atoms with van der Waals surface area (Å²) in [5.74, 6) is -0.381. The number of aromatic nitrogens is 1. The molecule has 3 heterocycles. The zero-order valence-corrected chi connectivity index (χ0v) is 14.0. The lowest BCUT2D eigenvalue weighted by atomic mass is 10.0. The van der Waals surface area contributed by atoms with Crippen molar-refractivity contribution in [2.75, 3.05) is 26.7 Å². The second-order valence-electron chi connectivity index (χ2n) is 6.28. The van der Waals surface area contributed by atoms with E-state index in [2.05, 4.69) is 4.98 Å². The highest BCUT2D eigenvalue weighted by atomic mass is 35.5. The van der Waals surface area contributed by atoms with Gasteiger partial charge in [-0.25, -0.2) is 4.79 Å². The maximum absolute atomic E-state index is 12.7. The minimum Gasteiger partial charge on any atom is -0.439 e. The molecule has 0 unspecified atom stereocenters. The molecule has 1 aromatic heterocycles. The van der Waals surface area contributed by atoms with Crippen LogP contribution < -0.4 is 5.56 Å². The highest BCUT2D eigenvalue weighted by Gasteiger charge is 2.49. The first-order chi connectivity index (χ1) is 10.7. The fourth-order valence-corrected chi connectivity index (χ4v) is 3.43. The quantitative estimate of drug-likeness (QED) is 0.836. The van der Waals surface area contributed by atoms with Crippen LogP contribution in [0.4, 0.5) is 4.79 Å². The zero-order chi connectivity index (χ0) is 16.9. The number of hydrogen-bond donors (Lipinski definition) is 1. The van der Waals surface area contributed by atoms with Gasteiger partial charge < -0.3 is 19.5 Å². The lowest BCUT2D eigenvalue weighted by Crippen LogP contribution is -2.40. The van der Waals surface area contributed by atoms with Crippen LogP contribution in [0.2, 0.25) is 5.02 Å². The molecule has 0 radical (unpaired) electrons. The number of likely N-dealkylation sites (N-methyl/N-ethyl adjacent to an activating group) is 1. The Morgan fingerprint density at radius 2 is 2.00 bits per heavy atom. The first-order valence-corrected chi connectivity index (χ1v) is 7.74. The Labute approximate surface area is 138 Å². The van der Waals surface area contributed by atoms with Gasteiger partial charge in [0.1, 0.15) is 5.56 Å². The number of carbonyl (C=O) groups excluding carboxylic acids is 2. The van der Waals surface area contributed by atoms with Crippen LogP contribution in [0.1, 0.15) is 28.0 Å². The molecule has 2 aliphatic heterocycles. The molecule has 1 aromatic rings. The molecule has 1 atom stereocenters. The first-order valence-electron chi connectivity index (χ1n) is 7.36. The number of rotatable bonds is 1. The first kappa shape index (κ1) is 15.9. The van der Waals surface area contributed by atoms with Gasteiger partial charge in [-0.05, 0) is 19.4 Å². The maximum atomic E-state index is 12.7. The summed E-state index contributed by atoms with van der Waals surface area (Å²) in [5.41, 5.74) is -0.0583. The van der Waals surface area contributed by atoms with Gasteiger partial charge in [-0.1, -0.05) is 11.6 Å². The molecule has 0 aliphatic carbocycles. The van der Waals surface area contributed by atoms with Crippen LogP contribution in [0, 0.1) is 13.8 Å². The summed E-state index contributed by atoms with van der Waals surface area (Å²) < 4.78 is 5.42.